The van der Waals surface area contributed by atoms with Crippen molar-refractivity contribution in [1.82, 2.24) is 9.55 Å². The predicted octanol–water partition coefficient (Wildman–Crippen LogP) is -0.782. The molecule has 0 radical (unpaired) electrons. The maximum Gasteiger partial charge on any atom is 0.506 e. The zero-order valence-corrected chi connectivity index (χ0v) is 10.9. The van der Waals surface area contributed by atoms with Crippen molar-refractivity contribution in [3.8, 4) is 0 Å². The van der Waals surface area contributed by atoms with Gasteiger partial charge in [0.2, 0.25) is 0 Å². The number of nitrogens with zero attached hydrogens (tertiary/aromatic N) is 1. The standard InChI is InChI=1S/C11H13FN2O7/c1-11(12)7(21-10(18)19)5(4-15)20-8(11)14-3-2-6(16)13-9(14)17/h2-3,5,7-8,15H,4H2,1H3,(H,18,19)(H,13,16,17). The van der Waals surface area contributed by atoms with Gasteiger partial charge in [-0.05, 0) is 6.92 Å². The molecule has 0 saturated carbocycles. The van der Waals surface area contributed by atoms with E-state index in [1.54, 1.807) is 0 Å². The number of aliphatic hydroxyl groups is 1. The first-order chi connectivity index (χ1) is 9.77. The van der Waals surface area contributed by atoms with Crippen LogP contribution in [0, 0.1) is 0 Å². The topological polar surface area (TPSA) is 131 Å². The summed E-state index contributed by atoms with van der Waals surface area (Å²) in [5.41, 5.74) is -4.02. The van der Waals surface area contributed by atoms with E-state index in [-0.39, 0.29) is 0 Å². The van der Waals surface area contributed by atoms with Crippen molar-refractivity contribution in [2.24, 2.45) is 0 Å². The van der Waals surface area contributed by atoms with E-state index < -0.39 is 48.1 Å². The summed E-state index contributed by atoms with van der Waals surface area (Å²) < 4.78 is 25.2. The van der Waals surface area contributed by atoms with Gasteiger partial charge in [-0.25, -0.2) is 14.0 Å². The lowest BCUT2D eigenvalue weighted by atomic mass is 9.98. The highest BCUT2D eigenvalue weighted by Gasteiger charge is 2.58. The second kappa shape index (κ2) is 5.30. The van der Waals surface area contributed by atoms with Crippen LogP contribution in [0.4, 0.5) is 9.18 Å². The Bertz CT molecular complexity index is 652. The number of aromatic nitrogens is 2. The first-order valence-corrected chi connectivity index (χ1v) is 5.93. The summed E-state index contributed by atoms with van der Waals surface area (Å²) >= 11 is 0. The number of rotatable bonds is 3. The Morgan fingerprint density at radius 2 is 2.29 bits per heavy atom. The van der Waals surface area contributed by atoms with E-state index in [1.165, 1.54) is 0 Å². The Morgan fingerprint density at radius 1 is 1.62 bits per heavy atom. The van der Waals surface area contributed by atoms with Crippen LogP contribution in [-0.4, -0.2) is 50.4 Å². The molecule has 4 unspecified atom stereocenters. The van der Waals surface area contributed by atoms with Crippen molar-refractivity contribution in [3.63, 3.8) is 0 Å². The molecule has 1 saturated heterocycles. The molecule has 9 nitrogen and oxygen atoms in total. The average Bonchev–Trinajstić information content (AvgIpc) is 2.61. The lowest BCUT2D eigenvalue weighted by Gasteiger charge is -2.26. The molecular weight excluding hydrogens is 291 g/mol. The third kappa shape index (κ3) is 2.67. The molecule has 3 N–H and O–H groups in total. The molecule has 4 atom stereocenters. The Morgan fingerprint density at radius 3 is 2.81 bits per heavy atom. The van der Waals surface area contributed by atoms with Crippen LogP contribution in [0.25, 0.3) is 0 Å². The molecule has 0 spiro atoms. The second-order valence-electron chi connectivity index (χ2n) is 4.68. The Hall–Kier alpha value is -2.20. The summed E-state index contributed by atoms with van der Waals surface area (Å²) in [7, 11) is 0. The maximum atomic E-state index is 14.8. The molecule has 10 heteroatoms. The number of alkyl halides is 1. The Labute approximate surface area is 116 Å². The minimum Gasteiger partial charge on any atom is -0.450 e. The van der Waals surface area contributed by atoms with Gasteiger partial charge in [-0.2, -0.15) is 0 Å². The first kappa shape index (κ1) is 15.2. The summed E-state index contributed by atoms with van der Waals surface area (Å²) in [6, 6.07) is 0.986. The highest BCUT2D eigenvalue weighted by Crippen LogP contribution is 2.42. The molecule has 0 aliphatic carbocycles. The molecule has 1 aromatic rings. The van der Waals surface area contributed by atoms with E-state index in [9.17, 15) is 18.8 Å². The van der Waals surface area contributed by atoms with Gasteiger partial charge in [0.25, 0.3) is 5.56 Å². The number of ether oxygens (including phenoxy) is 2. The third-order valence-corrected chi connectivity index (χ3v) is 3.19. The fourth-order valence-electron chi connectivity index (χ4n) is 2.26. The number of carboxylic acid groups (broad SMARTS) is 1. The lowest BCUT2D eigenvalue weighted by Crippen LogP contribution is -2.45. The first-order valence-electron chi connectivity index (χ1n) is 5.93. The largest absolute Gasteiger partial charge is 0.506 e. The Kier molecular flexibility index (Phi) is 3.83. The van der Waals surface area contributed by atoms with Crippen LogP contribution in [0.3, 0.4) is 0 Å². The number of H-pyrrole nitrogens is 1. The SMILES string of the molecule is CC1(F)C(OC(=O)O)C(CO)OC1n1ccc(=O)[nH]c1=O. The monoisotopic (exact) mass is 304 g/mol. The summed E-state index contributed by atoms with van der Waals surface area (Å²) in [4.78, 5) is 35.2. The van der Waals surface area contributed by atoms with Crippen molar-refractivity contribution in [2.75, 3.05) is 6.61 Å². The summed E-state index contributed by atoms with van der Waals surface area (Å²) in [5, 5.41) is 17.8. The Balaban J connectivity index is 2.43. The van der Waals surface area contributed by atoms with Crippen LogP contribution >= 0.6 is 0 Å². The van der Waals surface area contributed by atoms with E-state index in [0.29, 0.717) is 0 Å². The van der Waals surface area contributed by atoms with Crippen LogP contribution in [0.5, 0.6) is 0 Å². The van der Waals surface area contributed by atoms with E-state index in [4.69, 9.17) is 14.9 Å². The number of carbonyl (C=O) groups is 1. The normalized spacial score (nSPS) is 32.0. The van der Waals surface area contributed by atoms with Crippen LogP contribution in [0.1, 0.15) is 13.2 Å². The number of aromatic amines is 1. The van der Waals surface area contributed by atoms with Gasteiger partial charge in [0.15, 0.2) is 18.0 Å². The van der Waals surface area contributed by atoms with Crippen LogP contribution in [0.15, 0.2) is 21.9 Å². The number of nitrogens with one attached hydrogen (secondary N) is 1. The molecule has 116 valence electrons. The van der Waals surface area contributed by atoms with Crippen LogP contribution in [0.2, 0.25) is 0 Å². The minimum atomic E-state index is -2.42. The van der Waals surface area contributed by atoms with Gasteiger partial charge in [0.05, 0.1) is 6.61 Å². The predicted molar refractivity (Wildman–Crippen MR) is 64.7 cm³/mol. The fourth-order valence-corrected chi connectivity index (χ4v) is 2.26. The molecule has 1 aliphatic rings. The van der Waals surface area contributed by atoms with Crippen LogP contribution < -0.4 is 11.2 Å². The van der Waals surface area contributed by atoms with Crippen molar-refractivity contribution in [3.05, 3.63) is 33.1 Å². The van der Waals surface area contributed by atoms with E-state index in [2.05, 4.69) is 4.74 Å². The molecular formula is C11H13FN2O7. The smallest absolute Gasteiger partial charge is 0.450 e. The van der Waals surface area contributed by atoms with Crippen LogP contribution in [-0.2, 0) is 9.47 Å². The fraction of sp³-hybridized carbons (Fsp3) is 0.545. The molecule has 1 aromatic heterocycles. The molecule has 0 aromatic carbocycles. The van der Waals surface area contributed by atoms with Gasteiger partial charge in [0, 0.05) is 12.3 Å². The molecule has 0 bridgehead atoms. The zero-order chi connectivity index (χ0) is 15.8. The molecule has 0 amide bonds. The van der Waals surface area contributed by atoms with E-state index >= 15 is 0 Å². The lowest BCUT2D eigenvalue weighted by molar-refractivity contribution is -0.0612. The molecule has 2 rings (SSSR count). The molecule has 2 heterocycles. The molecule has 1 aliphatic heterocycles. The highest BCUT2D eigenvalue weighted by atomic mass is 19.1. The number of halogens is 1. The van der Waals surface area contributed by atoms with Crippen molar-refractivity contribution >= 4 is 6.16 Å². The quantitative estimate of drug-likeness (QED) is 0.624. The van der Waals surface area contributed by atoms with Gasteiger partial charge in [-0.3, -0.25) is 14.3 Å². The van der Waals surface area contributed by atoms with E-state index in [0.717, 1.165) is 23.8 Å². The van der Waals surface area contributed by atoms with E-state index in [1.807, 2.05) is 4.98 Å². The number of hydrogen-bond donors (Lipinski definition) is 3. The summed E-state index contributed by atoms with van der Waals surface area (Å²) in [5.74, 6) is 0. The third-order valence-electron chi connectivity index (χ3n) is 3.19. The van der Waals surface area contributed by atoms with Crippen molar-refractivity contribution in [1.29, 1.82) is 0 Å². The zero-order valence-electron chi connectivity index (χ0n) is 10.9. The van der Waals surface area contributed by atoms with Gasteiger partial charge in [-0.15, -0.1) is 0 Å². The highest BCUT2D eigenvalue weighted by molar-refractivity contribution is 5.57. The van der Waals surface area contributed by atoms with Crippen molar-refractivity contribution in [2.45, 2.75) is 31.0 Å². The van der Waals surface area contributed by atoms with Crippen molar-refractivity contribution < 1.29 is 28.9 Å². The molecule has 21 heavy (non-hydrogen) atoms. The maximum absolute atomic E-state index is 14.8. The summed E-state index contributed by atoms with van der Waals surface area (Å²) in [6.45, 7) is 0.282. The van der Waals surface area contributed by atoms with Gasteiger partial charge in [0.1, 0.15) is 6.10 Å². The number of aliphatic hydroxyl groups excluding tert-OH is 1. The minimum absolute atomic E-state index is 0.674. The summed E-state index contributed by atoms with van der Waals surface area (Å²) in [6.07, 6.45) is -5.17. The average molecular weight is 304 g/mol. The molecule has 1 fully saturated rings. The van der Waals surface area contributed by atoms with Gasteiger partial charge in [-0.1, -0.05) is 0 Å². The second-order valence-corrected chi connectivity index (χ2v) is 4.68. The van der Waals surface area contributed by atoms with Gasteiger partial charge < -0.3 is 19.7 Å². The number of hydrogen-bond acceptors (Lipinski definition) is 6. The van der Waals surface area contributed by atoms with Gasteiger partial charge >= 0.3 is 11.8 Å².